The third-order valence-corrected chi connectivity index (χ3v) is 5.42. The molecule has 1 N–H and O–H groups in total. The summed E-state index contributed by atoms with van der Waals surface area (Å²) < 4.78 is 7.16. The Morgan fingerprint density at radius 2 is 1.89 bits per heavy atom. The van der Waals surface area contributed by atoms with Crippen LogP contribution in [0.5, 0.6) is 5.75 Å². The fourth-order valence-corrected chi connectivity index (χ4v) is 3.85. The first kappa shape index (κ1) is 18.3. The molecule has 0 radical (unpaired) electrons. The molecular formula is C21H20N4O2S. The highest BCUT2D eigenvalue weighted by Gasteiger charge is 2.14. The zero-order valence-electron chi connectivity index (χ0n) is 15.9. The van der Waals surface area contributed by atoms with Crippen molar-refractivity contribution >= 4 is 39.9 Å². The Bertz CT molecular complexity index is 1170. The number of fused-ring (bicyclic) bond motifs is 3. The lowest BCUT2D eigenvalue weighted by molar-refractivity contribution is -0.113. The Kier molecular flexibility index (Phi) is 4.92. The first-order valence-corrected chi connectivity index (χ1v) is 9.85. The van der Waals surface area contributed by atoms with Crippen molar-refractivity contribution in [2.75, 3.05) is 18.2 Å². The van der Waals surface area contributed by atoms with Crippen LogP contribution >= 0.6 is 11.8 Å². The van der Waals surface area contributed by atoms with Gasteiger partial charge in [0.15, 0.2) is 10.8 Å². The molecule has 1 amide bonds. The van der Waals surface area contributed by atoms with E-state index in [-0.39, 0.29) is 11.7 Å². The monoisotopic (exact) mass is 392 g/mol. The number of rotatable bonds is 5. The van der Waals surface area contributed by atoms with Gasteiger partial charge in [-0.2, -0.15) is 0 Å². The number of hydrogen-bond donors (Lipinski definition) is 1. The number of benzene rings is 2. The summed E-state index contributed by atoms with van der Waals surface area (Å²) in [5, 5.41) is 13.4. The molecule has 0 saturated heterocycles. The maximum atomic E-state index is 12.4. The second kappa shape index (κ2) is 7.52. The molecule has 0 aliphatic carbocycles. The summed E-state index contributed by atoms with van der Waals surface area (Å²) in [4.78, 5) is 12.4. The van der Waals surface area contributed by atoms with Gasteiger partial charge in [0, 0.05) is 5.69 Å². The minimum Gasteiger partial charge on any atom is -0.497 e. The second-order valence-electron chi connectivity index (χ2n) is 6.60. The Morgan fingerprint density at radius 1 is 1.11 bits per heavy atom. The number of carbonyl (C=O) groups is 1. The third kappa shape index (κ3) is 3.53. The molecule has 0 unspecified atom stereocenters. The molecule has 6 nitrogen and oxygen atoms in total. The minimum absolute atomic E-state index is 0.0972. The number of pyridine rings is 1. The molecular weight excluding hydrogens is 372 g/mol. The van der Waals surface area contributed by atoms with E-state index >= 15 is 0 Å². The number of anilines is 1. The molecule has 0 aliphatic rings. The zero-order valence-corrected chi connectivity index (χ0v) is 16.7. The predicted octanol–water partition coefficient (Wildman–Crippen LogP) is 4.24. The van der Waals surface area contributed by atoms with Crippen molar-refractivity contribution in [1.82, 2.24) is 14.6 Å². The predicted molar refractivity (Wildman–Crippen MR) is 112 cm³/mol. The number of aryl methyl sites for hydroxylation is 2. The average molecular weight is 392 g/mol. The van der Waals surface area contributed by atoms with Crippen molar-refractivity contribution in [2.24, 2.45) is 0 Å². The molecule has 4 rings (SSSR count). The number of carbonyl (C=O) groups excluding carboxylic acids is 1. The van der Waals surface area contributed by atoms with Gasteiger partial charge in [-0.05, 0) is 66.8 Å². The van der Waals surface area contributed by atoms with Crippen LogP contribution in [-0.4, -0.2) is 33.4 Å². The fourth-order valence-electron chi connectivity index (χ4n) is 3.10. The van der Waals surface area contributed by atoms with Gasteiger partial charge in [0.05, 0.1) is 18.4 Å². The summed E-state index contributed by atoms with van der Waals surface area (Å²) in [5.74, 6) is 0.897. The molecule has 2 aromatic carbocycles. The summed E-state index contributed by atoms with van der Waals surface area (Å²) in [6.45, 7) is 4.08. The minimum atomic E-state index is -0.0972. The number of ether oxygens (including phenoxy) is 1. The number of amides is 1. The molecule has 2 aromatic heterocycles. The van der Waals surface area contributed by atoms with Crippen LogP contribution in [0.1, 0.15) is 11.1 Å². The highest BCUT2D eigenvalue weighted by Crippen LogP contribution is 2.26. The maximum absolute atomic E-state index is 12.4. The van der Waals surface area contributed by atoms with E-state index in [0.717, 1.165) is 33.6 Å². The van der Waals surface area contributed by atoms with E-state index in [4.69, 9.17) is 4.74 Å². The van der Waals surface area contributed by atoms with Crippen molar-refractivity contribution in [1.29, 1.82) is 0 Å². The number of aromatic nitrogens is 3. The van der Waals surface area contributed by atoms with E-state index in [1.165, 1.54) is 17.3 Å². The lowest BCUT2D eigenvalue weighted by Crippen LogP contribution is -2.14. The summed E-state index contributed by atoms with van der Waals surface area (Å²) in [6, 6.07) is 15.7. The van der Waals surface area contributed by atoms with Crippen LogP contribution in [0.15, 0.2) is 53.7 Å². The Balaban J connectivity index is 1.57. The second-order valence-corrected chi connectivity index (χ2v) is 7.54. The molecule has 0 atom stereocenters. The number of methoxy groups -OCH3 is 1. The summed E-state index contributed by atoms with van der Waals surface area (Å²) in [6.07, 6.45) is 0. The highest BCUT2D eigenvalue weighted by atomic mass is 32.2. The van der Waals surface area contributed by atoms with E-state index in [1.54, 1.807) is 7.11 Å². The van der Waals surface area contributed by atoms with Crippen LogP contribution in [0.3, 0.4) is 0 Å². The van der Waals surface area contributed by atoms with Gasteiger partial charge in [-0.1, -0.05) is 23.9 Å². The lowest BCUT2D eigenvalue weighted by Gasteiger charge is -2.08. The van der Waals surface area contributed by atoms with Crippen molar-refractivity contribution < 1.29 is 9.53 Å². The number of nitrogens with zero attached hydrogens (tertiary/aromatic N) is 3. The molecule has 0 fully saturated rings. The molecule has 142 valence electrons. The van der Waals surface area contributed by atoms with Gasteiger partial charge < -0.3 is 10.1 Å². The Morgan fingerprint density at radius 3 is 2.64 bits per heavy atom. The van der Waals surface area contributed by atoms with Crippen LogP contribution in [-0.2, 0) is 4.79 Å². The van der Waals surface area contributed by atoms with Crippen LogP contribution in [0.4, 0.5) is 5.69 Å². The molecule has 7 heteroatoms. The molecule has 4 aromatic rings. The molecule has 0 bridgehead atoms. The molecule has 0 saturated carbocycles. The van der Waals surface area contributed by atoms with Gasteiger partial charge in [-0.25, -0.2) is 0 Å². The van der Waals surface area contributed by atoms with Crippen molar-refractivity contribution in [3.05, 3.63) is 59.7 Å². The number of thioether (sulfide) groups is 1. The topological polar surface area (TPSA) is 68.5 Å². The van der Waals surface area contributed by atoms with E-state index in [9.17, 15) is 4.79 Å². The van der Waals surface area contributed by atoms with Gasteiger partial charge >= 0.3 is 0 Å². The fraction of sp³-hybridized carbons (Fsp3) is 0.190. The Hall–Kier alpha value is -3.06. The molecule has 0 spiro atoms. The van der Waals surface area contributed by atoms with Crippen molar-refractivity contribution in [3.63, 3.8) is 0 Å². The van der Waals surface area contributed by atoms with Gasteiger partial charge in [-0.15, -0.1) is 10.2 Å². The van der Waals surface area contributed by atoms with E-state index in [0.29, 0.717) is 5.16 Å². The van der Waals surface area contributed by atoms with Crippen LogP contribution in [0.25, 0.3) is 16.6 Å². The summed E-state index contributed by atoms with van der Waals surface area (Å²) >= 11 is 1.37. The van der Waals surface area contributed by atoms with E-state index in [2.05, 4.69) is 46.7 Å². The molecule has 2 heterocycles. The first-order chi connectivity index (χ1) is 13.5. The van der Waals surface area contributed by atoms with Gasteiger partial charge in [0.2, 0.25) is 5.91 Å². The highest BCUT2D eigenvalue weighted by molar-refractivity contribution is 7.99. The van der Waals surface area contributed by atoms with Gasteiger partial charge in [0.25, 0.3) is 0 Å². The largest absolute Gasteiger partial charge is 0.497 e. The normalized spacial score (nSPS) is 11.1. The van der Waals surface area contributed by atoms with Crippen molar-refractivity contribution in [2.45, 2.75) is 19.0 Å². The maximum Gasteiger partial charge on any atom is 0.234 e. The van der Waals surface area contributed by atoms with Crippen LogP contribution in [0, 0.1) is 13.8 Å². The Labute approximate surface area is 166 Å². The summed E-state index contributed by atoms with van der Waals surface area (Å²) in [5.41, 5.74) is 4.81. The zero-order chi connectivity index (χ0) is 19.7. The van der Waals surface area contributed by atoms with Crippen LogP contribution < -0.4 is 10.1 Å². The molecule has 28 heavy (non-hydrogen) atoms. The van der Waals surface area contributed by atoms with E-state index in [1.807, 2.05) is 35.6 Å². The van der Waals surface area contributed by atoms with Gasteiger partial charge in [0.1, 0.15) is 5.75 Å². The number of nitrogens with one attached hydrogen (secondary N) is 1. The standard InChI is InChI=1S/C21H20N4O2S/c1-13-4-5-15-11-14(2)20-23-24-21(25(20)18(15)10-13)28-12-19(26)22-16-6-8-17(27-3)9-7-16/h4-11H,12H2,1-3H3,(H,22,26). The van der Waals surface area contributed by atoms with E-state index < -0.39 is 0 Å². The van der Waals surface area contributed by atoms with Crippen molar-refractivity contribution in [3.8, 4) is 5.75 Å². The third-order valence-electron chi connectivity index (χ3n) is 4.49. The lowest BCUT2D eigenvalue weighted by atomic mass is 10.1. The first-order valence-electron chi connectivity index (χ1n) is 8.87. The SMILES string of the molecule is COc1ccc(NC(=O)CSc2nnc3c(C)cc4ccc(C)cc4n23)cc1. The quantitative estimate of drug-likeness (QED) is 0.515. The average Bonchev–Trinajstić information content (AvgIpc) is 3.13. The molecule has 0 aliphatic heterocycles. The number of hydrogen-bond acceptors (Lipinski definition) is 5. The van der Waals surface area contributed by atoms with Crippen LogP contribution in [0.2, 0.25) is 0 Å². The van der Waals surface area contributed by atoms with Gasteiger partial charge in [-0.3, -0.25) is 9.20 Å². The summed E-state index contributed by atoms with van der Waals surface area (Å²) in [7, 11) is 1.61. The smallest absolute Gasteiger partial charge is 0.234 e.